The fraction of sp³-hybridized carbons (Fsp3) is 0.250. The fourth-order valence-corrected chi connectivity index (χ4v) is 6.30. The topological polar surface area (TPSA) is 12.2 Å². The zero-order valence-corrected chi connectivity index (χ0v) is 18.6. The van der Waals surface area contributed by atoms with Crippen molar-refractivity contribution in [3.63, 3.8) is 0 Å². The normalized spacial score (nSPS) is 14.7. The standard InChI is InChI=1S/C20H19ClNOS2.BF4/c1-3-22(4-2)20-24-18-15-12-14(21)10-11-16(15)23-17(19(18)25-20)13-8-6-5-7-9-13;2-1(3,4)5/h5-12,17H,3-4H2,1-2H3;/q+1;-1. The van der Waals surface area contributed by atoms with Crippen molar-refractivity contribution in [2.75, 3.05) is 13.1 Å². The predicted octanol–water partition coefficient (Wildman–Crippen LogP) is 6.72. The maximum absolute atomic E-state index is 9.75. The number of halogens is 5. The van der Waals surface area contributed by atoms with Gasteiger partial charge >= 0.3 is 11.2 Å². The van der Waals surface area contributed by atoms with E-state index in [0.717, 1.165) is 29.4 Å². The lowest BCUT2D eigenvalue weighted by Crippen LogP contribution is -2.25. The highest BCUT2D eigenvalue weighted by molar-refractivity contribution is 7.29. The van der Waals surface area contributed by atoms with Crippen LogP contribution in [0.2, 0.25) is 5.02 Å². The SMILES string of the molecule is CC[N+](CC)=c1sc2c(s1)C(c1ccccc1)Oc1ccc(Cl)cc1-2.F[B-](F)(F)F. The lowest BCUT2D eigenvalue weighted by Gasteiger charge is -2.25. The second kappa shape index (κ2) is 9.53. The van der Waals surface area contributed by atoms with E-state index in [1.165, 1.54) is 19.3 Å². The summed E-state index contributed by atoms with van der Waals surface area (Å²) >= 11 is 9.95. The van der Waals surface area contributed by atoms with Crippen molar-refractivity contribution in [3.05, 3.63) is 68.0 Å². The molecule has 3 aromatic rings. The summed E-state index contributed by atoms with van der Waals surface area (Å²) in [5.41, 5.74) is 2.29. The molecule has 2 heterocycles. The van der Waals surface area contributed by atoms with Crippen LogP contribution in [0.3, 0.4) is 0 Å². The van der Waals surface area contributed by atoms with Gasteiger partial charge in [0, 0.05) is 10.6 Å². The average molecular weight is 476 g/mol. The highest BCUT2D eigenvalue weighted by atomic mass is 35.5. The van der Waals surface area contributed by atoms with E-state index in [0.29, 0.717) is 0 Å². The van der Waals surface area contributed by atoms with Crippen LogP contribution in [-0.4, -0.2) is 20.3 Å². The fourth-order valence-electron chi connectivity index (χ4n) is 3.08. The first-order chi connectivity index (χ1) is 14.2. The van der Waals surface area contributed by atoms with Gasteiger partial charge in [-0.1, -0.05) is 64.6 Å². The van der Waals surface area contributed by atoms with Gasteiger partial charge in [-0.3, -0.25) is 0 Å². The molecule has 0 aliphatic carbocycles. The summed E-state index contributed by atoms with van der Waals surface area (Å²) in [6, 6.07) is 16.4. The number of ether oxygens (including phenoxy) is 1. The highest BCUT2D eigenvalue weighted by Gasteiger charge is 2.31. The Hall–Kier alpha value is -1.84. The van der Waals surface area contributed by atoms with Crippen LogP contribution < -0.4 is 13.3 Å². The largest absolute Gasteiger partial charge is 0.673 e. The van der Waals surface area contributed by atoms with Gasteiger partial charge in [0.2, 0.25) is 0 Å². The molecule has 1 aliphatic heterocycles. The van der Waals surface area contributed by atoms with Gasteiger partial charge in [-0.2, -0.15) is 0 Å². The molecule has 4 rings (SSSR count). The molecule has 160 valence electrons. The molecule has 0 saturated carbocycles. The Morgan fingerprint density at radius 1 is 1.00 bits per heavy atom. The van der Waals surface area contributed by atoms with Crippen molar-refractivity contribution in [2.24, 2.45) is 0 Å². The Morgan fingerprint density at radius 3 is 2.23 bits per heavy atom. The first kappa shape index (κ1) is 22.8. The number of hydrogen-bond acceptors (Lipinski definition) is 3. The van der Waals surface area contributed by atoms with Crippen LogP contribution in [0.5, 0.6) is 5.75 Å². The summed E-state index contributed by atoms with van der Waals surface area (Å²) in [6.45, 7) is 6.41. The summed E-state index contributed by atoms with van der Waals surface area (Å²) in [7, 11) is -6.00. The Bertz CT molecular complexity index is 1070. The third kappa shape index (κ3) is 5.44. The maximum atomic E-state index is 9.75. The van der Waals surface area contributed by atoms with Crippen LogP contribution in [-0.2, 0) is 0 Å². The first-order valence-corrected chi connectivity index (χ1v) is 11.3. The van der Waals surface area contributed by atoms with E-state index in [1.54, 1.807) is 0 Å². The minimum Gasteiger partial charge on any atom is -0.479 e. The van der Waals surface area contributed by atoms with Gasteiger partial charge in [-0.05, 0) is 37.6 Å². The molecule has 2 aromatic carbocycles. The van der Waals surface area contributed by atoms with Crippen molar-refractivity contribution >= 4 is 41.5 Å². The van der Waals surface area contributed by atoms with Crippen molar-refractivity contribution in [1.29, 1.82) is 0 Å². The Labute approximate surface area is 185 Å². The molecule has 1 atom stereocenters. The quantitative estimate of drug-likeness (QED) is 0.232. The van der Waals surface area contributed by atoms with E-state index < -0.39 is 7.25 Å². The van der Waals surface area contributed by atoms with Crippen LogP contribution >= 0.6 is 34.3 Å². The summed E-state index contributed by atoms with van der Waals surface area (Å²) < 4.78 is 49.1. The van der Waals surface area contributed by atoms with Gasteiger partial charge in [-0.25, -0.2) is 4.58 Å². The van der Waals surface area contributed by atoms with Gasteiger partial charge < -0.3 is 22.0 Å². The molecule has 0 fully saturated rings. The monoisotopic (exact) mass is 475 g/mol. The molecule has 0 amide bonds. The molecule has 1 unspecified atom stereocenters. The van der Waals surface area contributed by atoms with Crippen LogP contribution in [0.15, 0.2) is 48.5 Å². The molecule has 0 N–H and O–H groups in total. The van der Waals surface area contributed by atoms with E-state index in [-0.39, 0.29) is 6.10 Å². The molecule has 1 aromatic heterocycles. The smallest absolute Gasteiger partial charge is 0.479 e. The summed E-state index contributed by atoms with van der Waals surface area (Å²) in [5.74, 6) is 0.908. The predicted molar refractivity (Wildman–Crippen MR) is 118 cm³/mol. The second-order valence-corrected chi connectivity index (χ2v) is 9.10. The summed E-state index contributed by atoms with van der Waals surface area (Å²) in [5, 5.41) is 0.745. The minimum atomic E-state index is -6.00. The summed E-state index contributed by atoms with van der Waals surface area (Å²) in [6.07, 6.45) is -0.0598. The van der Waals surface area contributed by atoms with Crippen molar-refractivity contribution in [1.82, 2.24) is 4.58 Å². The first-order valence-electron chi connectivity index (χ1n) is 9.31. The van der Waals surface area contributed by atoms with Crippen LogP contribution in [0.1, 0.15) is 30.4 Å². The molecule has 10 heteroatoms. The minimum absolute atomic E-state index is 0.0598. The van der Waals surface area contributed by atoms with Gasteiger partial charge in [-0.15, -0.1) is 0 Å². The number of nitrogens with zero attached hydrogens (tertiary/aromatic N) is 1. The zero-order valence-electron chi connectivity index (χ0n) is 16.2. The number of benzene rings is 2. The Morgan fingerprint density at radius 2 is 1.63 bits per heavy atom. The van der Waals surface area contributed by atoms with E-state index in [2.05, 4.69) is 42.7 Å². The van der Waals surface area contributed by atoms with Crippen LogP contribution in [0.4, 0.5) is 17.3 Å². The summed E-state index contributed by atoms with van der Waals surface area (Å²) in [4.78, 5) is 2.55. The Kier molecular flexibility index (Phi) is 7.26. The van der Waals surface area contributed by atoms with Gasteiger partial charge in [0.15, 0.2) is 6.10 Å². The second-order valence-electron chi connectivity index (χ2n) is 6.38. The molecule has 0 radical (unpaired) electrons. The van der Waals surface area contributed by atoms with Gasteiger partial charge in [0.1, 0.15) is 18.8 Å². The van der Waals surface area contributed by atoms with Crippen molar-refractivity contribution in [2.45, 2.75) is 20.0 Å². The Balaban J connectivity index is 0.000000461. The zero-order chi connectivity index (χ0) is 21.9. The van der Waals surface area contributed by atoms with E-state index in [4.69, 9.17) is 16.3 Å². The van der Waals surface area contributed by atoms with Gasteiger partial charge in [0.25, 0.3) is 0 Å². The maximum Gasteiger partial charge on any atom is 0.673 e. The van der Waals surface area contributed by atoms with E-state index >= 15 is 0 Å². The number of rotatable bonds is 3. The molecular formula is C20H19BClF4NOS2. The number of hydrogen-bond donors (Lipinski definition) is 0. The highest BCUT2D eigenvalue weighted by Crippen LogP contribution is 2.48. The number of fused-ring (bicyclic) bond motifs is 3. The van der Waals surface area contributed by atoms with E-state index in [1.807, 2.05) is 46.9 Å². The molecule has 0 spiro atoms. The third-order valence-electron chi connectivity index (χ3n) is 4.40. The molecule has 1 aliphatic rings. The van der Waals surface area contributed by atoms with E-state index in [9.17, 15) is 17.3 Å². The molecule has 2 nitrogen and oxygen atoms in total. The molecule has 30 heavy (non-hydrogen) atoms. The van der Waals surface area contributed by atoms with Crippen LogP contribution in [0.25, 0.3) is 10.4 Å². The average Bonchev–Trinajstić information content (AvgIpc) is 3.13. The van der Waals surface area contributed by atoms with Crippen molar-refractivity contribution in [3.8, 4) is 16.2 Å². The van der Waals surface area contributed by atoms with Gasteiger partial charge in [0.05, 0.1) is 9.75 Å². The molecule has 0 bridgehead atoms. The van der Waals surface area contributed by atoms with Crippen molar-refractivity contribution < 1.29 is 22.0 Å². The molecule has 0 saturated heterocycles. The third-order valence-corrected chi connectivity index (χ3v) is 7.42. The molecular weight excluding hydrogens is 457 g/mol. The lowest BCUT2D eigenvalue weighted by atomic mass is 10.0. The van der Waals surface area contributed by atoms with Crippen LogP contribution in [0, 0.1) is 0 Å². The lowest BCUT2D eigenvalue weighted by molar-refractivity contribution is 0.248.